The Morgan fingerprint density at radius 2 is 2.00 bits per heavy atom. The molecule has 0 saturated heterocycles. The van der Waals surface area contributed by atoms with E-state index in [1.165, 1.54) is 5.56 Å². The zero-order valence-corrected chi connectivity index (χ0v) is 9.48. The maximum absolute atomic E-state index is 5.62. The van der Waals surface area contributed by atoms with Gasteiger partial charge in [0.25, 0.3) is 0 Å². The van der Waals surface area contributed by atoms with E-state index in [-0.39, 0.29) is 6.04 Å². The summed E-state index contributed by atoms with van der Waals surface area (Å²) in [6, 6.07) is 14.5. The molecule has 0 amide bonds. The molecule has 0 aliphatic carbocycles. The predicted molar refractivity (Wildman–Crippen MR) is 66.0 cm³/mol. The lowest BCUT2D eigenvalue weighted by molar-refractivity contribution is 0.320. The van der Waals surface area contributed by atoms with Crippen molar-refractivity contribution in [3.8, 4) is 0 Å². The Morgan fingerprint density at radius 1 is 1.12 bits per heavy atom. The highest BCUT2D eigenvalue weighted by atomic mass is 32.1. The van der Waals surface area contributed by atoms with E-state index in [1.54, 1.807) is 11.3 Å². The molecule has 1 aliphatic rings. The summed E-state index contributed by atoms with van der Waals surface area (Å²) in [5.41, 5.74) is 1.22. The highest BCUT2D eigenvalue weighted by Crippen LogP contribution is 2.26. The molecule has 0 radical (unpaired) electrons. The summed E-state index contributed by atoms with van der Waals surface area (Å²) < 4.78 is 5.62. The molecule has 0 spiro atoms. The van der Waals surface area contributed by atoms with Gasteiger partial charge < -0.3 is 4.74 Å². The topological polar surface area (TPSA) is 21.6 Å². The Balaban J connectivity index is 1.87. The molecule has 2 heterocycles. The lowest BCUT2D eigenvalue weighted by atomic mass is 10.1. The van der Waals surface area contributed by atoms with Gasteiger partial charge in [-0.25, -0.2) is 4.99 Å². The quantitative estimate of drug-likeness (QED) is 0.774. The Bertz CT molecular complexity index is 490. The van der Waals surface area contributed by atoms with E-state index in [0.717, 1.165) is 10.8 Å². The van der Waals surface area contributed by atoms with Gasteiger partial charge in [0.2, 0.25) is 5.90 Å². The molecule has 1 aliphatic heterocycles. The third-order valence-corrected chi connectivity index (χ3v) is 3.43. The van der Waals surface area contributed by atoms with Crippen LogP contribution in [0, 0.1) is 0 Å². The van der Waals surface area contributed by atoms with Crippen LogP contribution >= 0.6 is 11.3 Å². The molecular formula is C13H11NOS. The lowest BCUT2D eigenvalue weighted by Gasteiger charge is -2.03. The Hall–Kier alpha value is -1.61. The standard InChI is InChI=1S/C13H11NOS/c1-2-5-10(6-3-1)11-9-15-13(14-11)12-7-4-8-16-12/h1-8,11H,9H2/t11-/m0/s1. The van der Waals surface area contributed by atoms with Gasteiger partial charge in [-0.1, -0.05) is 36.4 Å². The summed E-state index contributed by atoms with van der Waals surface area (Å²) in [5, 5.41) is 2.04. The number of nitrogens with zero attached hydrogens (tertiary/aromatic N) is 1. The van der Waals surface area contributed by atoms with Crippen LogP contribution in [0.15, 0.2) is 52.8 Å². The number of benzene rings is 1. The van der Waals surface area contributed by atoms with Gasteiger partial charge in [0, 0.05) is 0 Å². The number of aliphatic imine (C=N–C) groups is 1. The first-order valence-corrected chi connectivity index (χ1v) is 6.11. The zero-order chi connectivity index (χ0) is 10.8. The molecule has 16 heavy (non-hydrogen) atoms. The van der Waals surface area contributed by atoms with Crippen LogP contribution in [0.3, 0.4) is 0 Å². The average molecular weight is 229 g/mol. The smallest absolute Gasteiger partial charge is 0.227 e. The van der Waals surface area contributed by atoms with Gasteiger partial charge >= 0.3 is 0 Å². The molecule has 3 rings (SSSR count). The van der Waals surface area contributed by atoms with Crippen molar-refractivity contribution in [2.45, 2.75) is 6.04 Å². The van der Waals surface area contributed by atoms with Crippen molar-refractivity contribution in [1.82, 2.24) is 0 Å². The van der Waals surface area contributed by atoms with Crippen molar-refractivity contribution < 1.29 is 4.74 Å². The Kier molecular flexibility index (Phi) is 2.46. The van der Waals surface area contributed by atoms with Gasteiger partial charge in [-0.2, -0.15) is 0 Å². The van der Waals surface area contributed by atoms with Crippen molar-refractivity contribution in [2.75, 3.05) is 6.61 Å². The molecule has 2 nitrogen and oxygen atoms in total. The maximum Gasteiger partial charge on any atom is 0.227 e. The van der Waals surface area contributed by atoms with E-state index >= 15 is 0 Å². The molecule has 0 N–H and O–H groups in total. The fourth-order valence-electron chi connectivity index (χ4n) is 1.75. The van der Waals surface area contributed by atoms with Crippen LogP contribution in [-0.2, 0) is 4.74 Å². The van der Waals surface area contributed by atoms with E-state index in [9.17, 15) is 0 Å². The molecule has 0 saturated carbocycles. The number of hydrogen-bond donors (Lipinski definition) is 0. The summed E-state index contributed by atoms with van der Waals surface area (Å²) in [6.45, 7) is 0.650. The van der Waals surface area contributed by atoms with E-state index in [2.05, 4.69) is 17.1 Å². The summed E-state index contributed by atoms with van der Waals surface area (Å²) in [4.78, 5) is 5.72. The second-order valence-corrected chi connectivity index (χ2v) is 4.60. The van der Waals surface area contributed by atoms with Gasteiger partial charge in [0.05, 0.1) is 4.88 Å². The van der Waals surface area contributed by atoms with Crippen molar-refractivity contribution in [1.29, 1.82) is 0 Å². The number of ether oxygens (including phenoxy) is 1. The van der Waals surface area contributed by atoms with E-state index in [0.29, 0.717) is 6.61 Å². The average Bonchev–Trinajstić information content (AvgIpc) is 3.01. The summed E-state index contributed by atoms with van der Waals surface area (Å²) in [7, 11) is 0. The number of rotatable bonds is 2. The van der Waals surface area contributed by atoms with Crippen LogP contribution in [0.1, 0.15) is 16.5 Å². The van der Waals surface area contributed by atoms with Crippen molar-refractivity contribution >= 4 is 17.2 Å². The lowest BCUT2D eigenvalue weighted by Crippen LogP contribution is -1.99. The van der Waals surface area contributed by atoms with Crippen LogP contribution in [-0.4, -0.2) is 12.5 Å². The van der Waals surface area contributed by atoms with Gasteiger partial charge in [-0.15, -0.1) is 11.3 Å². The molecule has 0 bridgehead atoms. The number of hydrogen-bond acceptors (Lipinski definition) is 3. The van der Waals surface area contributed by atoms with E-state index in [1.807, 2.05) is 35.7 Å². The second kappa shape index (κ2) is 4.10. The molecular weight excluding hydrogens is 218 g/mol. The largest absolute Gasteiger partial charge is 0.474 e. The molecule has 0 unspecified atom stereocenters. The van der Waals surface area contributed by atoms with Crippen LogP contribution < -0.4 is 0 Å². The zero-order valence-electron chi connectivity index (χ0n) is 8.67. The molecule has 80 valence electrons. The fraction of sp³-hybridized carbons (Fsp3) is 0.154. The highest BCUT2D eigenvalue weighted by Gasteiger charge is 2.21. The van der Waals surface area contributed by atoms with Crippen molar-refractivity contribution in [3.05, 3.63) is 58.3 Å². The van der Waals surface area contributed by atoms with Crippen LogP contribution in [0.25, 0.3) is 0 Å². The fourth-order valence-corrected chi connectivity index (χ4v) is 2.43. The van der Waals surface area contributed by atoms with Gasteiger partial charge in [0.1, 0.15) is 12.6 Å². The summed E-state index contributed by atoms with van der Waals surface area (Å²) in [6.07, 6.45) is 0. The molecule has 0 fully saturated rings. The SMILES string of the molecule is c1ccc([C@@H]2COC(c3cccs3)=N2)cc1. The predicted octanol–water partition coefficient (Wildman–Crippen LogP) is 3.27. The first-order chi connectivity index (χ1) is 7.93. The minimum atomic E-state index is 0.151. The van der Waals surface area contributed by atoms with Crippen LogP contribution in [0.5, 0.6) is 0 Å². The molecule has 1 aromatic carbocycles. The molecule has 1 atom stereocenters. The normalized spacial score (nSPS) is 19.2. The second-order valence-electron chi connectivity index (χ2n) is 3.65. The van der Waals surface area contributed by atoms with Crippen molar-refractivity contribution in [2.24, 2.45) is 4.99 Å². The van der Waals surface area contributed by atoms with Crippen LogP contribution in [0.4, 0.5) is 0 Å². The Labute approximate surface area is 98.2 Å². The van der Waals surface area contributed by atoms with Crippen molar-refractivity contribution in [3.63, 3.8) is 0 Å². The van der Waals surface area contributed by atoms with E-state index < -0.39 is 0 Å². The highest BCUT2D eigenvalue weighted by molar-refractivity contribution is 7.12. The molecule has 3 heteroatoms. The van der Waals surface area contributed by atoms with Crippen LogP contribution in [0.2, 0.25) is 0 Å². The molecule has 2 aromatic rings. The number of thiophene rings is 1. The first kappa shape index (κ1) is 9.60. The van der Waals surface area contributed by atoms with Gasteiger partial charge in [-0.3, -0.25) is 0 Å². The third-order valence-electron chi connectivity index (χ3n) is 2.57. The first-order valence-electron chi connectivity index (χ1n) is 5.23. The summed E-state index contributed by atoms with van der Waals surface area (Å²) in [5.74, 6) is 0.781. The third kappa shape index (κ3) is 1.74. The minimum Gasteiger partial charge on any atom is -0.474 e. The van der Waals surface area contributed by atoms with E-state index in [4.69, 9.17) is 4.74 Å². The maximum atomic E-state index is 5.62. The minimum absolute atomic E-state index is 0.151. The monoisotopic (exact) mass is 229 g/mol. The summed E-state index contributed by atoms with van der Waals surface area (Å²) >= 11 is 1.66. The Morgan fingerprint density at radius 3 is 2.75 bits per heavy atom. The van der Waals surface area contributed by atoms with Gasteiger partial charge in [-0.05, 0) is 17.0 Å². The molecule has 1 aromatic heterocycles. The van der Waals surface area contributed by atoms with Gasteiger partial charge in [0.15, 0.2) is 0 Å².